The predicted molar refractivity (Wildman–Crippen MR) is 83.9 cm³/mol. The van der Waals surface area contributed by atoms with Crippen LogP contribution in [-0.2, 0) is 14.8 Å². The highest BCUT2D eigenvalue weighted by molar-refractivity contribution is 7.89. The van der Waals surface area contributed by atoms with Gasteiger partial charge in [0.1, 0.15) is 0 Å². The van der Waals surface area contributed by atoms with E-state index >= 15 is 0 Å². The highest BCUT2D eigenvalue weighted by Crippen LogP contribution is 2.30. The minimum absolute atomic E-state index is 0.289. The SMILES string of the molecule is C#Cc1ccc(S(=O)(=O)N2CCOC3(CCNCC3)C2)cc1. The molecule has 0 aliphatic carbocycles. The molecule has 2 saturated heterocycles. The Hall–Kier alpha value is -1.39. The van der Waals surface area contributed by atoms with Crippen LogP contribution >= 0.6 is 0 Å². The predicted octanol–water partition coefficient (Wildman–Crippen LogP) is 0.811. The summed E-state index contributed by atoms with van der Waals surface area (Å²) in [7, 11) is -3.50. The Kier molecular flexibility index (Phi) is 4.24. The van der Waals surface area contributed by atoms with E-state index in [-0.39, 0.29) is 10.5 Å². The van der Waals surface area contributed by atoms with E-state index < -0.39 is 10.0 Å². The molecule has 0 unspecified atom stereocenters. The number of ether oxygens (including phenoxy) is 1. The summed E-state index contributed by atoms with van der Waals surface area (Å²) in [6.45, 7) is 3.00. The van der Waals surface area contributed by atoms with E-state index in [1.165, 1.54) is 0 Å². The summed E-state index contributed by atoms with van der Waals surface area (Å²) < 4.78 is 33.1. The summed E-state index contributed by atoms with van der Waals surface area (Å²) in [4.78, 5) is 0.289. The molecule has 0 amide bonds. The van der Waals surface area contributed by atoms with Crippen molar-refractivity contribution in [3.63, 3.8) is 0 Å². The first-order valence-electron chi connectivity index (χ1n) is 7.47. The van der Waals surface area contributed by atoms with Gasteiger partial charge in [0.25, 0.3) is 0 Å². The van der Waals surface area contributed by atoms with E-state index in [9.17, 15) is 8.42 Å². The topological polar surface area (TPSA) is 58.6 Å². The lowest BCUT2D eigenvalue weighted by Gasteiger charge is -2.44. The zero-order chi connectivity index (χ0) is 15.6. The summed E-state index contributed by atoms with van der Waals surface area (Å²) in [6, 6.07) is 6.48. The maximum atomic E-state index is 12.8. The van der Waals surface area contributed by atoms with E-state index in [4.69, 9.17) is 11.2 Å². The number of sulfonamides is 1. The van der Waals surface area contributed by atoms with E-state index in [2.05, 4.69) is 11.2 Å². The Morgan fingerprint density at radius 1 is 1.23 bits per heavy atom. The van der Waals surface area contributed by atoms with Crippen molar-refractivity contribution in [1.29, 1.82) is 0 Å². The normalized spacial score (nSPS) is 22.3. The number of rotatable bonds is 2. The van der Waals surface area contributed by atoms with Crippen LogP contribution < -0.4 is 5.32 Å². The first-order valence-corrected chi connectivity index (χ1v) is 8.91. The lowest BCUT2D eigenvalue weighted by molar-refractivity contribution is -0.105. The number of nitrogens with one attached hydrogen (secondary N) is 1. The van der Waals surface area contributed by atoms with Gasteiger partial charge in [-0.3, -0.25) is 0 Å². The number of piperidine rings is 1. The van der Waals surface area contributed by atoms with E-state index in [1.807, 2.05) is 0 Å². The molecule has 2 fully saturated rings. The third-order valence-electron chi connectivity index (χ3n) is 4.39. The van der Waals surface area contributed by atoms with Gasteiger partial charge in [-0.2, -0.15) is 4.31 Å². The van der Waals surface area contributed by atoms with E-state index in [0.29, 0.717) is 25.3 Å². The Balaban J connectivity index is 1.83. The number of morpholine rings is 1. The van der Waals surface area contributed by atoms with Gasteiger partial charge in [-0.1, -0.05) is 5.92 Å². The fraction of sp³-hybridized carbons (Fsp3) is 0.500. The molecule has 0 bridgehead atoms. The fourth-order valence-electron chi connectivity index (χ4n) is 3.07. The molecule has 1 N–H and O–H groups in total. The van der Waals surface area contributed by atoms with Gasteiger partial charge in [-0.15, -0.1) is 6.42 Å². The average Bonchev–Trinajstić information content (AvgIpc) is 2.55. The summed E-state index contributed by atoms with van der Waals surface area (Å²) >= 11 is 0. The van der Waals surface area contributed by atoms with Gasteiger partial charge < -0.3 is 10.1 Å². The number of hydrogen-bond acceptors (Lipinski definition) is 4. The Morgan fingerprint density at radius 2 is 1.91 bits per heavy atom. The average molecular weight is 320 g/mol. The van der Waals surface area contributed by atoms with Crippen LogP contribution in [0.2, 0.25) is 0 Å². The first kappa shape index (κ1) is 15.5. The van der Waals surface area contributed by atoms with Crippen molar-refractivity contribution >= 4 is 10.0 Å². The molecule has 0 saturated carbocycles. The minimum Gasteiger partial charge on any atom is -0.372 e. The van der Waals surface area contributed by atoms with Gasteiger partial charge in [-0.25, -0.2) is 8.42 Å². The molecule has 2 aliphatic heterocycles. The van der Waals surface area contributed by atoms with Gasteiger partial charge in [0, 0.05) is 18.7 Å². The summed E-state index contributed by atoms with van der Waals surface area (Å²) in [5, 5.41) is 3.29. The second-order valence-electron chi connectivity index (χ2n) is 5.79. The lowest BCUT2D eigenvalue weighted by Crippen LogP contribution is -2.57. The zero-order valence-electron chi connectivity index (χ0n) is 12.4. The monoisotopic (exact) mass is 320 g/mol. The first-order chi connectivity index (χ1) is 10.6. The maximum absolute atomic E-state index is 12.8. The Labute approximate surface area is 131 Å². The molecule has 1 aromatic rings. The molecule has 2 aliphatic rings. The van der Waals surface area contributed by atoms with Crippen molar-refractivity contribution < 1.29 is 13.2 Å². The Morgan fingerprint density at radius 3 is 2.55 bits per heavy atom. The van der Waals surface area contributed by atoms with Gasteiger partial charge in [-0.05, 0) is 50.2 Å². The van der Waals surface area contributed by atoms with Crippen LogP contribution in [0.3, 0.4) is 0 Å². The van der Waals surface area contributed by atoms with Gasteiger partial charge in [0.15, 0.2) is 0 Å². The van der Waals surface area contributed by atoms with Crippen molar-refractivity contribution in [3.8, 4) is 12.3 Å². The van der Waals surface area contributed by atoms with Crippen LogP contribution in [0.25, 0.3) is 0 Å². The van der Waals surface area contributed by atoms with Gasteiger partial charge in [0.05, 0.1) is 17.1 Å². The van der Waals surface area contributed by atoms with Crippen LogP contribution in [0.4, 0.5) is 0 Å². The van der Waals surface area contributed by atoms with Crippen LogP contribution in [0.1, 0.15) is 18.4 Å². The lowest BCUT2D eigenvalue weighted by atomic mass is 9.91. The molecule has 5 nitrogen and oxygen atoms in total. The standard InChI is InChI=1S/C16H20N2O3S/c1-2-14-3-5-15(6-4-14)22(19,20)18-11-12-21-16(13-18)7-9-17-10-8-16/h1,3-6,17H,7-13H2. The molecule has 0 radical (unpaired) electrons. The van der Waals surface area contributed by atoms with Gasteiger partial charge in [0.2, 0.25) is 10.0 Å². The highest BCUT2D eigenvalue weighted by Gasteiger charge is 2.41. The van der Waals surface area contributed by atoms with Crippen molar-refractivity contribution in [3.05, 3.63) is 29.8 Å². The van der Waals surface area contributed by atoms with Crippen LogP contribution in [0.5, 0.6) is 0 Å². The molecule has 2 heterocycles. The maximum Gasteiger partial charge on any atom is 0.243 e. The van der Waals surface area contributed by atoms with Crippen molar-refractivity contribution in [1.82, 2.24) is 9.62 Å². The molecule has 0 aromatic heterocycles. The molecular formula is C16H20N2O3S. The largest absolute Gasteiger partial charge is 0.372 e. The third kappa shape index (κ3) is 2.90. The number of terminal acetylenes is 1. The Bertz CT molecular complexity index is 665. The van der Waals surface area contributed by atoms with Crippen LogP contribution in [-0.4, -0.2) is 51.1 Å². The smallest absolute Gasteiger partial charge is 0.243 e. The van der Waals surface area contributed by atoms with E-state index in [0.717, 1.165) is 25.9 Å². The quantitative estimate of drug-likeness (QED) is 0.820. The van der Waals surface area contributed by atoms with Crippen molar-refractivity contribution in [2.75, 3.05) is 32.8 Å². The van der Waals surface area contributed by atoms with E-state index in [1.54, 1.807) is 28.6 Å². The highest BCUT2D eigenvalue weighted by atomic mass is 32.2. The molecule has 22 heavy (non-hydrogen) atoms. The molecule has 0 atom stereocenters. The summed E-state index contributed by atoms with van der Waals surface area (Å²) in [6.07, 6.45) is 7.00. The van der Waals surface area contributed by atoms with Gasteiger partial charge >= 0.3 is 0 Å². The molecule has 3 rings (SSSR count). The van der Waals surface area contributed by atoms with Crippen molar-refractivity contribution in [2.24, 2.45) is 0 Å². The number of hydrogen-bond donors (Lipinski definition) is 1. The number of benzene rings is 1. The minimum atomic E-state index is -3.50. The number of nitrogens with zero attached hydrogens (tertiary/aromatic N) is 1. The molecule has 1 spiro atoms. The second kappa shape index (κ2) is 6.01. The molecule has 118 valence electrons. The molecule has 1 aromatic carbocycles. The summed E-state index contributed by atoms with van der Waals surface area (Å²) in [5.41, 5.74) is 0.339. The second-order valence-corrected chi connectivity index (χ2v) is 7.73. The summed E-state index contributed by atoms with van der Waals surface area (Å²) in [5.74, 6) is 2.50. The van der Waals surface area contributed by atoms with Crippen molar-refractivity contribution in [2.45, 2.75) is 23.3 Å². The zero-order valence-corrected chi connectivity index (χ0v) is 13.2. The molecular weight excluding hydrogens is 300 g/mol. The van der Waals surface area contributed by atoms with Crippen LogP contribution in [0.15, 0.2) is 29.2 Å². The van der Waals surface area contributed by atoms with Crippen LogP contribution in [0, 0.1) is 12.3 Å². The molecule has 6 heteroatoms. The third-order valence-corrected chi connectivity index (χ3v) is 6.25. The fourth-order valence-corrected chi connectivity index (χ4v) is 4.57.